The van der Waals surface area contributed by atoms with Crippen molar-refractivity contribution in [1.29, 1.82) is 0 Å². The Labute approximate surface area is 193 Å². The third-order valence-electron chi connectivity index (χ3n) is 6.12. The number of nitrogens with two attached hydrogens (primary N) is 1. The number of benzene rings is 1. The maximum Gasteiger partial charge on any atom is 0.223 e. The minimum absolute atomic E-state index is 0.0231. The van der Waals surface area contributed by atoms with E-state index in [0.717, 1.165) is 42.5 Å². The Bertz CT molecular complexity index is 964. The number of nitrogens with one attached hydrogen (secondary N) is 1. The summed E-state index contributed by atoms with van der Waals surface area (Å²) in [6.07, 6.45) is 4.48. The maximum atomic E-state index is 12.7. The van der Waals surface area contributed by atoms with Gasteiger partial charge in [-0.15, -0.1) is 0 Å². The molecule has 1 amide bonds. The van der Waals surface area contributed by atoms with Crippen LogP contribution in [0.1, 0.15) is 49.4 Å². The predicted octanol–water partition coefficient (Wildman–Crippen LogP) is 4.94. The number of pyridine rings is 1. The summed E-state index contributed by atoms with van der Waals surface area (Å²) in [5, 5.41) is 4.03. The molecule has 7 heteroatoms. The van der Waals surface area contributed by atoms with Crippen molar-refractivity contribution in [3.63, 3.8) is 0 Å². The topological polar surface area (TPSA) is 85.1 Å². The van der Waals surface area contributed by atoms with E-state index in [9.17, 15) is 9.59 Å². The van der Waals surface area contributed by atoms with E-state index in [1.165, 1.54) is 0 Å². The van der Waals surface area contributed by atoms with Gasteiger partial charge in [0.25, 0.3) is 0 Å². The first-order chi connectivity index (χ1) is 14.7. The molecule has 0 aliphatic heterocycles. The van der Waals surface area contributed by atoms with Crippen molar-refractivity contribution in [2.45, 2.75) is 58.4 Å². The van der Waals surface area contributed by atoms with Crippen LogP contribution in [-0.2, 0) is 22.4 Å². The highest BCUT2D eigenvalue weighted by molar-refractivity contribution is 6.42. The molecule has 1 fully saturated rings. The Morgan fingerprint density at radius 1 is 1.19 bits per heavy atom. The molecule has 0 saturated heterocycles. The monoisotopic (exact) mass is 461 g/mol. The molecule has 1 aromatic heterocycles. The number of hydrogen-bond donors (Lipinski definition) is 2. The summed E-state index contributed by atoms with van der Waals surface area (Å²) in [6.45, 7) is 3.65. The van der Waals surface area contributed by atoms with Crippen LogP contribution in [0.25, 0.3) is 0 Å². The lowest BCUT2D eigenvalue weighted by atomic mass is 9.96. The molecule has 1 saturated carbocycles. The number of ketones is 1. The molecule has 3 N–H and O–H groups in total. The number of nitrogens with zero attached hydrogens (tertiary/aromatic N) is 1. The lowest BCUT2D eigenvalue weighted by Crippen LogP contribution is -2.41. The first-order valence-corrected chi connectivity index (χ1v) is 11.5. The van der Waals surface area contributed by atoms with E-state index in [1.807, 2.05) is 31.2 Å². The zero-order valence-electron chi connectivity index (χ0n) is 18.0. The molecular formula is C24H29Cl2N3O2. The number of carbonyl (C=O) groups is 2. The summed E-state index contributed by atoms with van der Waals surface area (Å²) in [5.74, 6) is 0.853. The second-order valence-electron chi connectivity index (χ2n) is 8.51. The van der Waals surface area contributed by atoms with Gasteiger partial charge in [-0.05, 0) is 81.2 Å². The highest BCUT2D eigenvalue weighted by Crippen LogP contribution is 2.34. The number of amides is 1. The van der Waals surface area contributed by atoms with E-state index in [0.29, 0.717) is 34.6 Å². The Kier molecular flexibility index (Phi) is 7.95. The molecule has 1 aromatic carbocycles. The Hall–Kier alpha value is -2.11. The predicted molar refractivity (Wildman–Crippen MR) is 125 cm³/mol. The summed E-state index contributed by atoms with van der Waals surface area (Å²) >= 11 is 12.1. The third kappa shape index (κ3) is 6.44. The summed E-state index contributed by atoms with van der Waals surface area (Å²) < 4.78 is 0. The van der Waals surface area contributed by atoms with Crippen molar-refractivity contribution in [2.24, 2.45) is 11.8 Å². The van der Waals surface area contributed by atoms with Crippen LogP contribution in [0.3, 0.4) is 0 Å². The van der Waals surface area contributed by atoms with Crippen LogP contribution >= 0.6 is 23.2 Å². The molecule has 5 nitrogen and oxygen atoms in total. The molecule has 31 heavy (non-hydrogen) atoms. The molecule has 166 valence electrons. The van der Waals surface area contributed by atoms with Gasteiger partial charge < -0.3 is 11.1 Å². The lowest BCUT2D eigenvalue weighted by Gasteiger charge is -2.17. The van der Waals surface area contributed by atoms with Crippen molar-refractivity contribution in [3.8, 4) is 0 Å². The largest absolute Gasteiger partial charge is 0.384 e. The number of aryl methyl sites for hydroxylation is 2. The van der Waals surface area contributed by atoms with Crippen molar-refractivity contribution < 1.29 is 9.59 Å². The SMILES string of the molecule is Cc1nc(N)ccc1CCC(=O)[C@H](C)NC(=O)[C@@H]1CC[C@@H](Cc2ccc(Cl)c(Cl)c2)C1. The van der Waals surface area contributed by atoms with Crippen molar-refractivity contribution in [2.75, 3.05) is 5.73 Å². The lowest BCUT2D eigenvalue weighted by molar-refractivity contribution is -0.129. The number of anilines is 1. The minimum atomic E-state index is -0.497. The fraction of sp³-hybridized carbons (Fsp3) is 0.458. The zero-order valence-corrected chi connectivity index (χ0v) is 19.5. The van der Waals surface area contributed by atoms with Crippen LogP contribution in [0, 0.1) is 18.8 Å². The molecule has 0 unspecified atom stereocenters. The number of halogens is 2. The minimum Gasteiger partial charge on any atom is -0.384 e. The summed E-state index contributed by atoms with van der Waals surface area (Å²) in [4.78, 5) is 29.4. The van der Waals surface area contributed by atoms with Crippen LogP contribution in [0.5, 0.6) is 0 Å². The number of carbonyl (C=O) groups excluding carboxylic acids is 2. The molecule has 1 aliphatic carbocycles. The van der Waals surface area contributed by atoms with E-state index < -0.39 is 6.04 Å². The Morgan fingerprint density at radius 2 is 1.97 bits per heavy atom. The molecular weight excluding hydrogens is 433 g/mol. The molecule has 3 atom stereocenters. The Balaban J connectivity index is 1.45. The van der Waals surface area contributed by atoms with Crippen molar-refractivity contribution >= 4 is 40.7 Å². The summed E-state index contributed by atoms with van der Waals surface area (Å²) in [7, 11) is 0. The normalized spacial score (nSPS) is 19.2. The first-order valence-electron chi connectivity index (χ1n) is 10.7. The van der Waals surface area contributed by atoms with Crippen LogP contribution < -0.4 is 11.1 Å². The van der Waals surface area contributed by atoms with Gasteiger partial charge >= 0.3 is 0 Å². The number of Topliss-reactive ketones (excluding diaryl/α,β-unsaturated/α-hetero) is 1. The molecule has 3 rings (SSSR count). The van der Waals surface area contributed by atoms with Gasteiger partial charge in [-0.3, -0.25) is 9.59 Å². The van der Waals surface area contributed by atoms with E-state index >= 15 is 0 Å². The second-order valence-corrected chi connectivity index (χ2v) is 9.32. The van der Waals surface area contributed by atoms with Gasteiger partial charge in [-0.1, -0.05) is 35.3 Å². The molecule has 0 bridgehead atoms. The van der Waals surface area contributed by atoms with Gasteiger partial charge in [0.05, 0.1) is 16.1 Å². The number of hydrogen-bond acceptors (Lipinski definition) is 4. The van der Waals surface area contributed by atoms with Gasteiger partial charge in [-0.25, -0.2) is 4.98 Å². The van der Waals surface area contributed by atoms with Gasteiger partial charge in [0.15, 0.2) is 5.78 Å². The van der Waals surface area contributed by atoms with Gasteiger partial charge in [0.2, 0.25) is 5.91 Å². The van der Waals surface area contributed by atoms with E-state index in [1.54, 1.807) is 13.0 Å². The standard InChI is InChI=1S/C24H29Cl2N3O2/c1-14-18(7-10-23(27)28-14)6-9-22(30)15(2)29-24(31)19-5-3-16(12-19)11-17-4-8-20(25)21(26)13-17/h4,7-8,10,13,15-16,19H,3,5-6,9,11-12H2,1-2H3,(H2,27,28)(H,29,31)/t15-,16-,19+/m0/s1. The first kappa shape index (κ1) is 23.6. The van der Waals surface area contributed by atoms with Crippen LogP contribution in [-0.4, -0.2) is 22.7 Å². The fourth-order valence-corrected chi connectivity index (χ4v) is 4.58. The maximum absolute atomic E-state index is 12.7. The Morgan fingerprint density at radius 3 is 2.68 bits per heavy atom. The number of aromatic nitrogens is 1. The highest BCUT2D eigenvalue weighted by Gasteiger charge is 2.31. The van der Waals surface area contributed by atoms with Crippen LogP contribution in [0.15, 0.2) is 30.3 Å². The van der Waals surface area contributed by atoms with E-state index in [2.05, 4.69) is 10.3 Å². The smallest absolute Gasteiger partial charge is 0.223 e. The summed E-state index contributed by atoms with van der Waals surface area (Å²) in [5.41, 5.74) is 8.65. The van der Waals surface area contributed by atoms with Crippen LogP contribution in [0.2, 0.25) is 10.0 Å². The average Bonchev–Trinajstić information content (AvgIpc) is 3.18. The average molecular weight is 462 g/mol. The molecule has 0 radical (unpaired) electrons. The molecule has 2 aromatic rings. The molecule has 1 aliphatic rings. The van der Waals surface area contributed by atoms with Crippen LogP contribution in [0.4, 0.5) is 5.82 Å². The second kappa shape index (κ2) is 10.5. The molecule has 1 heterocycles. The van der Waals surface area contributed by atoms with E-state index in [-0.39, 0.29) is 17.6 Å². The van der Waals surface area contributed by atoms with E-state index in [4.69, 9.17) is 28.9 Å². The zero-order chi connectivity index (χ0) is 22.5. The quantitative estimate of drug-likeness (QED) is 0.582. The van der Waals surface area contributed by atoms with Gasteiger partial charge in [0, 0.05) is 18.0 Å². The fourth-order valence-electron chi connectivity index (χ4n) is 4.26. The van der Waals surface area contributed by atoms with Crippen molar-refractivity contribution in [1.82, 2.24) is 10.3 Å². The highest BCUT2D eigenvalue weighted by atomic mass is 35.5. The number of nitrogen functional groups attached to an aromatic ring is 1. The van der Waals surface area contributed by atoms with Gasteiger partial charge in [-0.2, -0.15) is 0 Å². The summed E-state index contributed by atoms with van der Waals surface area (Å²) in [6, 6.07) is 8.85. The third-order valence-corrected chi connectivity index (χ3v) is 6.86. The molecule has 0 spiro atoms. The number of rotatable bonds is 8. The van der Waals surface area contributed by atoms with Gasteiger partial charge in [0.1, 0.15) is 5.82 Å². The van der Waals surface area contributed by atoms with Crippen molar-refractivity contribution in [3.05, 3.63) is 57.2 Å².